The van der Waals surface area contributed by atoms with Gasteiger partial charge in [-0.1, -0.05) is 17.7 Å². The van der Waals surface area contributed by atoms with E-state index < -0.39 is 0 Å². The quantitative estimate of drug-likeness (QED) is 0.924. The SMILES string of the molecule is CNC(c1ccc(Cl)cn1)c1c(C)cc(C)cc1F. The molecular formula is C15H16ClFN2. The van der Waals surface area contributed by atoms with Gasteiger partial charge in [-0.2, -0.15) is 0 Å². The Hall–Kier alpha value is -1.45. The van der Waals surface area contributed by atoms with Crippen molar-refractivity contribution in [2.45, 2.75) is 19.9 Å². The third-order valence-electron chi connectivity index (χ3n) is 3.10. The van der Waals surface area contributed by atoms with Crippen molar-refractivity contribution in [2.24, 2.45) is 0 Å². The maximum atomic E-state index is 14.2. The van der Waals surface area contributed by atoms with E-state index in [-0.39, 0.29) is 11.9 Å². The summed E-state index contributed by atoms with van der Waals surface area (Å²) in [6.07, 6.45) is 1.57. The lowest BCUT2D eigenvalue weighted by Gasteiger charge is -2.19. The minimum atomic E-state index is -0.280. The van der Waals surface area contributed by atoms with E-state index >= 15 is 0 Å². The zero-order valence-corrected chi connectivity index (χ0v) is 11.9. The number of benzene rings is 1. The Balaban J connectivity index is 2.51. The van der Waals surface area contributed by atoms with Gasteiger partial charge in [0.2, 0.25) is 0 Å². The predicted molar refractivity (Wildman–Crippen MR) is 76.0 cm³/mol. The molecule has 0 radical (unpaired) electrons. The number of rotatable bonds is 3. The van der Waals surface area contributed by atoms with Crippen LogP contribution in [0.15, 0.2) is 30.5 Å². The molecule has 1 atom stereocenters. The molecule has 0 fully saturated rings. The van der Waals surface area contributed by atoms with Crippen molar-refractivity contribution in [1.82, 2.24) is 10.3 Å². The molecule has 1 unspecified atom stereocenters. The lowest BCUT2D eigenvalue weighted by molar-refractivity contribution is 0.566. The van der Waals surface area contributed by atoms with Gasteiger partial charge < -0.3 is 5.32 Å². The largest absolute Gasteiger partial charge is 0.308 e. The number of hydrogen-bond donors (Lipinski definition) is 1. The molecule has 0 bridgehead atoms. The van der Waals surface area contributed by atoms with Crippen LogP contribution in [0.25, 0.3) is 0 Å². The van der Waals surface area contributed by atoms with Gasteiger partial charge in [-0.25, -0.2) is 4.39 Å². The van der Waals surface area contributed by atoms with Crippen molar-refractivity contribution in [2.75, 3.05) is 7.05 Å². The summed E-state index contributed by atoms with van der Waals surface area (Å²) >= 11 is 5.83. The number of halogens is 2. The molecule has 2 aromatic rings. The first kappa shape index (κ1) is 14.0. The van der Waals surface area contributed by atoms with Gasteiger partial charge in [0.1, 0.15) is 5.82 Å². The second kappa shape index (κ2) is 5.68. The second-order valence-electron chi connectivity index (χ2n) is 4.60. The molecule has 2 nitrogen and oxygen atoms in total. The second-order valence-corrected chi connectivity index (χ2v) is 5.04. The van der Waals surface area contributed by atoms with E-state index in [1.165, 1.54) is 0 Å². The summed E-state index contributed by atoms with van der Waals surface area (Å²) in [5.41, 5.74) is 3.20. The Morgan fingerprint density at radius 3 is 2.53 bits per heavy atom. The highest BCUT2D eigenvalue weighted by Gasteiger charge is 2.20. The topological polar surface area (TPSA) is 24.9 Å². The van der Waals surface area contributed by atoms with E-state index in [1.54, 1.807) is 25.4 Å². The molecule has 1 heterocycles. The molecule has 0 aliphatic heterocycles. The lowest BCUT2D eigenvalue weighted by Crippen LogP contribution is -2.21. The molecule has 1 N–H and O–H groups in total. The lowest BCUT2D eigenvalue weighted by atomic mass is 9.96. The van der Waals surface area contributed by atoms with Gasteiger partial charge in [-0.05, 0) is 50.2 Å². The van der Waals surface area contributed by atoms with Crippen molar-refractivity contribution in [3.8, 4) is 0 Å². The Morgan fingerprint density at radius 1 is 1.26 bits per heavy atom. The number of hydrogen-bond acceptors (Lipinski definition) is 2. The van der Waals surface area contributed by atoms with E-state index in [4.69, 9.17) is 11.6 Å². The Morgan fingerprint density at radius 2 is 2.00 bits per heavy atom. The fourth-order valence-electron chi connectivity index (χ4n) is 2.29. The summed E-state index contributed by atoms with van der Waals surface area (Å²) in [6, 6.07) is 6.80. The van der Waals surface area contributed by atoms with Gasteiger partial charge >= 0.3 is 0 Å². The minimum absolute atomic E-state index is 0.214. The zero-order chi connectivity index (χ0) is 14.0. The number of aromatic nitrogens is 1. The fraction of sp³-hybridized carbons (Fsp3) is 0.267. The molecule has 0 saturated heterocycles. The van der Waals surface area contributed by atoms with Crippen LogP contribution in [-0.2, 0) is 0 Å². The Kier molecular flexibility index (Phi) is 4.17. The smallest absolute Gasteiger partial charge is 0.128 e. The van der Waals surface area contributed by atoms with Gasteiger partial charge in [0.15, 0.2) is 0 Å². The van der Waals surface area contributed by atoms with Gasteiger partial charge in [0, 0.05) is 11.8 Å². The van der Waals surface area contributed by atoms with E-state index in [1.807, 2.05) is 26.0 Å². The molecule has 0 amide bonds. The van der Waals surface area contributed by atoms with Crippen LogP contribution in [0.5, 0.6) is 0 Å². The van der Waals surface area contributed by atoms with Gasteiger partial charge in [0.05, 0.1) is 16.8 Å². The van der Waals surface area contributed by atoms with Crippen LogP contribution in [0.1, 0.15) is 28.4 Å². The standard InChI is InChI=1S/C15H16ClFN2/c1-9-6-10(2)14(12(17)7-9)15(18-3)13-5-4-11(16)8-19-13/h4-8,15,18H,1-3H3. The van der Waals surface area contributed by atoms with Crippen molar-refractivity contribution in [3.63, 3.8) is 0 Å². The zero-order valence-electron chi connectivity index (χ0n) is 11.2. The number of nitrogens with zero attached hydrogens (tertiary/aromatic N) is 1. The molecular weight excluding hydrogens is 263 g/mol. The molecule has 19 heavy (non-hydrogen) atoms. The normalized spacial score (nSPS) is 12.5. The molecule has 2 rings (SSSR count). The minimum Gasteiger partial charge on any atom is -0.308 e. The maximum absolute atomic E-state index is 14.2. The Bertz CT molecular complexity index is 558. The fourth-order valence-corrected chi connectivity index (χ4v) is 2.40. The van der Waals surface area contributed by atoms with E-state index in [9.17, 15) is 4.39 Å². The number of nitrogens with one attached hydrogen (secondary N) is 1. The summed E-state index contributed by atoms with van der Waals surface area (Å²) in [5.74, 6) is -0.214. The molecule has 0 aliphatic rings. The van der Waals surface area contributed by atoms with Crippen LogP contribution in [0.3, 0.4) is 0 Å². The van der Waals surface area contributed by atoms with Crippen LogP contribution in [-0.4, -0.2) is 12.0 Å². The summed E-state index contributed by atoms with van der Waals surface area (Å²) < 4.78 is 14.2. The van der Waals surface area contributed by atoms with Crippen molar-refractivity contribution in [3.05, 3.63) is 63.7 Å². The molecule has 1 aromatic heterocycles. The van der Waals surface area contributed by atoms with Gasteiger partial charge in [-0.15, -0.1) is 0 Å². The molecule has 0 aliphatic carbocycles. The average molecular weight is 279 g/mol. The summed E-state index contributed by atoms with van der Waals surface area (Å²) in [7, 11) is 1.79. The van der Waals surface area contributed by atoms with Crippen LogP contribution < -0.4 is 5.32 Å². The van der Waals surface area contributed by atoms with E-state index in [0.29, 0.717) is 10.6 Å². The third-order valence-corrected chi connectivity index (χ3v) is 3.33. The third kappa shape index (κ3) is 2.94. The van der Waals surface area contributed by atoms with Crippen LogP contribution in [0, 0.1) is 19.7 Å². The first-order valence-corrected chi connectivity index (χ1v) is 6.46. The summed E-state index contributed by atoms with van der Waals surface area (Å²) in [5, 5.41) is 3.68. The highest BCUT2D eigenvalue weighted by atomic mass is 35.5. The first-order valence-electron chi connectivity index (χ1n) is 6.08. The Labute approximate surface area is 117 Å². The predicted octanol–water partition coefficient (Wildman–Crippen LogP) is 3.80. The van der Waals surface area contributed by atoms with Gasteiger partial charge in [0.25, 0.3) is 0 Å². The van der Waals surface area contributed by atoms with Crippen molar-refractivity contribution < 1.29 is 4.39 Å². The van der Waals surface area contributed by atoms with Crippen LogP contribution in [0.4, 0.5) is 4.39 Å². The van der Waals surface area contributed by atoms with E-state index in [2.05, 4.69) is 10.3 Å². The molecule has 0 spiro atoms. The summed E-state index contributed by atoms with van der Waals surface area (Å²) in [6.45, 7) is 3.79. The highest BCUT2D eigenvalue weighted by Crippen LogP contribution is 2.27. The maximum Gasteiger partial charge on any atom is 0.128 e. The monoisotopic (exact) mass is 278 g/mol. The van der Waals surface area contributed by atoms with Crippen molar-refractivity contribution >= 4 is 11.6 Å². The number of pyridine rings is 1. The van der Waals surface area contributed by atoms with Crippen LogP contribution in [0.2, 0.25) is 5.02 Å². The molecule has 100 valence electrons. The average Bonchev–Trinajstić information content (AvgIpc) is 2.35. The van der Waals surface area contributed by atoms with Crippen LogP contribution >= 0.6 is 11.6 Å². The molecule has 1 aromatic carbocycles. The van der Waals surface area contributed by atoms with Gasteiger partial charge in [-0.3, -0.25) is 4.98 Å². The first-order chi connectivity index (χ1) is 9.02. The van der Waals surface area contributed by atoms with Crippen molar-refractivity contribution in [1.29, 1.82) is 0 Å². The molecule has 0 saturated carbocycles. The molecule has 4 heteroatoms. The number of aryl methyl sites for hydroxylation is 2. The van der Waals surface area contributed by atoms with E-state index in [0.717, 1.165) is 16.8 Å². The summed E-state index contributed by atoms with van der Waals surface area (Å²) in [4.78, 5) is 4.27. The highest BCUT2D eigenvalue weighted by molar-refractivity contribution is 6.30.